The maximum Gasteiger partial charge on any atom is 0.411 e. The lowest BCUT2D eigenvalue weighted by atomic mass is 10.1. The average Bonchev–Trinajstić information content (AvgIpc) is 2.76. The van der Waals surface area contributed by atoms with Gasteiger partial charge in [0.2, 0.25) is 0 Å². The molecule has 18 heavy (non-hydrogen) atoms. The Balaban J connectivity index is 2.32. The zero-order chi connectivity index (χ0) is 13.0. The molecule has 0 unspecified atom stereocenters. The SMILES string of the molecule is CCOC(=O)Nc1ccccc1-c1nncn1C. The Morgan fingerprint density at radius 3 is 2.89 bits per heavy atom. The van der Waals surface area contributed by atoms with Crippen molar-refractivity contribution in [3.8, 4) is 11.4 Å². The van der Waals surface area contributed by atoms with Crippen LogP contribution in [0, 0.1) is 0 Å². The van der Waals surface area contributed by atoms with Crippen LogP contribution in [0.15, 0.2) is 30.6 Å². The topological polar surface area (TPSA) is 69.0 Å². The molecule has 0 bridgehead atoms. The summed E-state index contributed by atoms with van der Waals surface area (Å²) in [5.74, 6) is 0.683. The fraction of sp³-hybridized carbons (Fsp3) is 0.250. The van der Waals surface area contributed by atoms with Crippen molar-refractivity contribution in [3.63, 3.8) is 0 Å². The Morgan fingerprint density at radius 1 is 1.44 bits per heavy atom. The predicted molar refractivity (Wildman–Crippen MR) is 67.1 cm³/mol. The number of benzene rings is 1. The van der Waals surface area contributed by atoms with E-state index in [1.807, 2.05) is 25.2 Å². The number of anilines is 1. The molecule has 0 fully saturated rings. The Kier molecular flexibility index (Phi) is 3.57. The van der Waals surface area contributed by atoms with Crippen molar-refractivity contribution in [2.75, 3.05) is 11.9 Å². The number of aryl methyl sites for hydroxylation is 1. The van der Waals surface area contributed by atoms with E-state index < -0.39 is 6.09 Å². The van der Waals surface area contributed by atoms with E-state index >= 15 is 0 Å². The zero-order valence-corrected chi connectivity index (χ0v) is 10.3. The number of rotatable bonds is 3. The molecule has 0 aliphatic heterocycles. The van der Waals surface area contributed by atoms with Crippen LogP contribution >= 0.6 is 0 Å². The Bertz CT molecular complexity index is 551. The summed E-state index contributed by atoms with van der Waals surface area (Å²) in [6.45, 7) is 2.09. The van der Waals surface area contributed by atoms with Gasteiger partial charge in [-0.25, -0.2) is 4.79 Å². The van der Waals surface area contributed by atoms with Gasteiger partial charge in [0.05, 0.1) is 12.3 Å². The van der Waals surface area contributed by atoms with E-state index in [0.717, 1.165) is 5.56 Å². The number of amides is 1. The third-order valence-electron chi connectivity index (χ3n) is 2.39. The molecule has 0 aliphatic rings. The van der Waals surface area contributed by atoms with E-state index in [2.05, 4.69) is 15.5 Å². The van der Waals surface area contributed by atoms with Gasteiger partial charge in [-0.05, 0) is 19.1 Å². The summed E-state index contributed by atoms with van der Waals surface area (Å²) in [5, 5.41) is 10.5. The summed E-state index contributed by atoms with van der Waals surface area (Å²) in [6, 6.07) is 7.37. The number of ether oxygens (including phenoxy) is 1. The standard InChI is InChI=1S/C12H14N4O2/c1-3-18-12(17)14-10-7-5-4-6-9(10)11-15-13-8-16(11)2/h4-8H,3H2,1-2H3,(H,14,17). The van der Waals surface area contributed by atoms with Crippen molar-refractivity contribution < 1.29 is 9.53 Å². The highest BCUT2D eigenvalue weighted by atomic mass is 16.5. The molecule has 6 heteroatoms. The van der Waals surface area contributed by atoms with Crippen molar-refractivity contribution in [2.24, 2.45) is 7.05 Å². The maximum absolute atomic E-state index is 11.4. The third kappa shape index (κ3) is 2.48. The van der Waals surface area contributed by atoms with Crippen molar-refractivity contribution in [1.82, 2.24) is 14.8 Å². The fourth-order valence-electron chi connectivity index (χ4n) is 1.59. The molecule has 1 amide bonds. The molecule has 0 saturated carbocycles. The molecule has 1 heterocycles. The van der Waals surface area contributed by atoms with E-state index in [1.54, 1.807) is 23.9 Å². The van der Waals surface area contributed by atoms with Crippen molar-refractivity contribution in [1.29, 1.82) is 0 Å². The maximum atomic E-state index is 11.4. The van der Waals surface area contributed by atoms with Crippen molar-refractivity contribution in [3.05, 3.63) is 30.6 Å². The second-order valence-electron chi connectivity index (χ2n) is 3.66. The number of hydrogen-bond acceptors (Lipinski definition) is 4. The van der Waals surface area contributed by atoms with Gasteiger partial charge in [0.25, 0.3) is 0 Å². The number of nitrogens with one attached hydrogen (secondary N) is 1. The van der Waals surface area contributed by atoms with E-state index in [1.165, 1.54) is 0 Å². The number of aromatic nitrogens is 3. The molecule has 0 saturated heterocycles. The van der Waals surface area contributed by atoms with Gasteiger partial charge in [-0.1, -0.05) is 12.1 Å². The Morgan fingerprint density at radius 2 is 2.22 bits per heavy atom. The van der Waals surface area contributed by atoms with E-state index in [9.17, 15) is 4.79 Å². The van der Waals surface area contributed by atoms with Gasteiger partial charge in [0.1, 0.15) is 6.33 Å². The second-order valence-corrected chi connectivity index (χ2v) is 3.66. The molecule has 1 aromatic carbocycles. The average molecular weight is 246 g/mol. The minimum absolute atomic E-state index is 0.331. The molecule has 2 aromatic rings. The lowest BCUT2D eigenvalue weighted by molar-refractivity contribution is 0.168. The number of nitrogens with zero attached hydrogens (tertiary/aromatic N) is 3. The lowest BCUT2D eigenvalue weighted by Crippen LogP contribution is -2.14. The van der Waals surface area contributed by atoms with Gasteiger partial charge < -0.3 is 9.30 Å². The first-order valence-corrected chi connectivity index (χ1v) is 5.59. The highest BCUT2D eigenvalue weighted by molar-refractivity contribution is 5.90. The van der Waals surface area contributed by atoms with E-state index in [4.69, 9.17) is 4.74 Å². The summed E-state index contributed by atoms with van der Waals surface area (Å²) in [5.41, 5.74) is 1.44. The summed E-state index contributed by atoms with van der Waals surface area (Å²) in [7, 11) is 1.84. The van der Waals surface area contributed by atoms with Crippen LogP contribution in [-0.2, 0) is 11.8 Å². The quantitative estimate of drug-likeness (QED) is 0.899. The summed E-state index contributed by atoms with van der Waals surface area (Å²) >= 11 is 0. The van der Waals surface area contributed by atoms with Crippen LogP contribution in [0.2, 0.25) is 0 Å². The molecular weight excluding hydrogens is 232 g/mol. The number of carbonyl (C=O) groups excluding carboxylic acids is 1. The van der Waals surface area contributed by atoms with E-state index in [-0.39, 0.29) is 0 Å². The molecular formula is C12H14N4O2. The van der Waals surface area contributed by atoms with Gasteiger partial charge in [0.15, 0.2) is 5.82 Å². The normalized spacial score (nSPS) is 10.1. The largest absolute Gasteiger partial charge is 0.450 e. The summed E-state index contributed by atoms with van der Waals surface area (Å²) < 4.78 is 6.64. The van der Waals surface area contributed by atoms with Crippen LogP contribution in [0.5, 0.6) is 0 Å². The molecule has 0 spiro atoms. The smallest absolute Gasteiger partial charge is 0.411 e. The minimum Gasteiger partial charge on any atom is -0.450 e. The Hall–Kier alpha value is -2.37. The molecule has 94 valence electrons. The van der Waals surface area contributed by atoms with Crippen LogP contribution < -0.4 is 5.32 Å². The first-order chi connectivity index (χ1) is 8.72. The molecule has 1 aromatic heterocycles. The third-order valence-corrected chi connectivity index (χ3v) is 2.39. The van der Waals surface area contributed by atoms with Crippen LogP contribution in [0.4, 0.5) is 10.5 Å². The van der Waals surface area contributed by atoms with Crippen LogP contribution in [0.3, 0.4) is 0 Å². The highest BCUT2D eigenvalue weighted by Crippen LogP contribution is 2.25. The lowest BCUT2D eigenvalue weighted by Gasteiger charge is -2.10. The molecule has 6 nitrogen and oxygen atoms in total. The van der Waals surface area contributed by atoms with E-state index in [0.29, 0.717) is 18.1 Å². The number of para-hydroxylation sites is 1. The molecule has 2 rings (SSSR count). The molecule has 1 N–H and O–H groups in total. The molecule has 0 atom stereocenters. The zero-order valence-electron chi connectivity index (χ0n) is 10.3. The first-order valence-electron chi connectivity index (χ1n) is 5.59. The van der Waals surface area contributed by atoms with Gasteiger partial charge in [0, 0.05) is 12.6 Å². The van der Waals surface area contributed by atoms with Crippen LogP contribution in [0.1, 0.15) is 6.92 Å². The van der Waals surface area contributed by atoms with Gasteiger partial charge in [-0.15, -0.1) is 10.2 Å². The first kappa shape index (κ1) is 12.1. The van der Waals surface area contributed by atoms with Gasteiger partial charge >= 0.3 is 6.09 Å². The van der Waals surface area contributed by atoms with Gasteiger partial charge in [-0.3, -0.25) is 5.32 Å². The highest BCUT2D eigenvalue weighted by Gasteiger charge is 2.12. The summed E-state index contributed by atoms with van der Waals surface area (Å²) in [4.78, 5) is 11.4. The number of carbonyl (C=O) groups is 1. The minimum atomic E-state index is -0.480. The van der Waals surface area contributed by atoms with Crippen LogP contribution in [0.25, 0.3) is 11.4 Å². The van der Waals surface area contributed by atoms with Crippen molar-refractivity contribution in [2.45, 2.75) is 6.92 Å². The monoisotopic (exact) mass is 246 g/mol. The Labute approximate surface area is 105 Å². The molecule has 0 radical (unpaired) electrons. The fourth-order valence-corrected chi connectivity index (χ4v) is 1.59. The predicted octanol–water partition coefficient (Wildman–Crippen LogP) is 2.05. The van der Waals surface area contributed by atoms with Crippen molar-refractivity contribution >= 4 is 11.8 Å². The summed E-state index contributed by atoms with van der Waals surface area (Å²) in [6.07, 6.45) is 1.13. The van der Waals surface area contributed by atoms with Crippen LogP contribution in [-0.4, -0.2) is 27.5 Å². The van der Waals surface area contributed by atoms with Gasteiger partial charge in [-0.2, -0.15) is 0 Å². The molecule has 0 aliphatic carbocycles. The second kappa shape index (κ2) is 5.31. The number of hydrogen-bond donors (Lipinski definition) is 1.